The SMILES string of the molecule is CCc1nc2ccccn2c1C(=O)Nc1ccccc1Br. The van der Waals surface area contributed by atoms with Crippen molar-refractivity contribution >= 4 is 33.2 Å². The van der Waals surface area contributed by atoms with Crippen LogP contribution in [-0.2, 0) is 6.42 Å². The number of para-hydroxylation sites is 1. The Bertz CT molecular complexity index is 810. The van der Waals surface area contributed by atoms with E-state index < -0.39 is 0 Å². The Balaban J connectivity index is 2.03. The maximum atomic E-state index is 12.6. The van der Waals surface area contributed by atoms with Gasteiger partial charge in [0.05, 0.1) is 11.4 Å². The van der Waals surface area contributed by atoms with E-state index in [0.717, 1.165) is 21.5 Å². The fourth-order valence-electron chi connectivity index (χ4n) is 2.28. The minimum Gasteiger partial charge on any atom is -0.320 e. The molecule has 4 nitrogen and oxygen atoms in total. The first-order valence-electron chi connectivity index (χ1n) is 6.72. The maximum absolute atomic E-state index is 12.6. The molecule has 3 aromatic rings. The van der Waals surface area contributed by atoms with Gasteiger partial charge in [0.1, 0.15) is 11.3 Å². The lowest BCUT2D eigenvalue weighted by Gasteiger charge is -2.08. The second-order valence-corrected chi connectivity index (χ2v) is 5.48. The largest absolute Gasteiger partial charge is 0.320 e. The first-order valence-corrected chi connectivity index (χ1v) is 7.52. The van der Waals surface area contributed by atoms with E-state index in [1.165, 1.54) is 0 Å². The zero-order valence-electron chi connectivity index (χ0n) is 11.5. The van der Waals surface area contributed by atoms with Gasteiger partial charge in [0.2, 0.25) is 0 Å². The number of hydrogen-bond donors (Lipinski definition) is 1. The molecule has 2 aromatic heterocycles. The lowest BCUT2D eigenvalue weighted by Crippen LogP contribution is -2.16. The van der Waals surface area contributed by atoms with Crippen LogP contribution in [0.4, 0.5) is 5.69 Å². The summed E-state index contributed by atoms with van der Waals surface area (Å²) in [5.41, 5.74) is 2.91. The molecule has 0 bridgehead atoms. The molecule has 0 fully saturated rings. The van der Waals surface area contributed by atoms with E-state index in [1.54, 1.807) is 0 Å². The average Bonchev–Trinajstić information content (AvgIpc) is 2.88. The molecule has 1 N–H and O–H groups in total. The van der Waals surface area contributed by atoms with Gasteiger partial charge in [-0.3, -0.25) is 9.20 Å². The third-order valence-electron chi connectivity index (χ3n) is 3.27. The Morgan fingerprint density at radius 2 is 2.00 bits per heavy atom. The minimum absolute atomic E-state index is 0.155. The number of imidazole rings is 1. The quantitative estimate of drug-likeness (QED) is 0.783. The molecule has 21 heavy (non-hydrogen) atoms. The molecule has 0 radical (unpaired) electrons. The van der Waals surface area contributed by atoms with E-state index in [2.05, 4.69) is 26.2 Å². The summed E-state index contributed by atoms with van der Waals surface area (Å²) in [7, 11) is 0. The predicted octanol–water partition coefficient (Wildman–Crippen LogP) is 3.91. The number of hydrogen-bond acceptors (Lipinski definition) is 2. The first-order chi connectivity index (χ1) is 10.2. The summed E-state index contributed by atoms with van der Waals surface area (Å²) in [5.74, 6) is -0.155. The van der Waals surface area contributed by atoms with Gasteiger partial charge in [-0.25, -0.2) is 4.98 Å². The number of halogens is 1. The number of nitrogens with zero attached hydrogens (tertiary/aromatic N) is 2. The van der Waals surface area contributed by atoms with E-state index in [9.17, 15) is 4.79 Å². The molecule has 1 aromatic carbocycles. The predicted molar refractivity (Wildman–Crippen MR) is 86.7 cm³/mol. The van der Waals surface area contributed by atoms with Crippen LogP contribution < -0.4 is 5.32 Å². The number of benzene rings is 1. The van der Waals surface area contributed by atoms with Crippen LogP contribution in [0, 0.1) is 0 Å². The highest BCUT2D eigenvalue weighted by Gasteiger charge is 2.18. The molecular formula is C16H14BrN3O. The molecule has 1 amide bonds. The van der Waals surface area contributed by atoms with E-state index in [1.807, 2.05) is 60.0 Å². The lowest BCUT2D eigenvalue weighted by atomic mass is 10.2. The molecule has 0 saturated carbocycles. The van der Waals surface area contributed by atoms with E-state index >= 15 is 0 Å². The van der Waals surface area contributed by atoms with Crippen molar-refractivity contribution in [1.82, 2.24) is 9.38 Å². The van der Waals surface area contributed by atoms with Crippen molar-refractivity contribution in [2.24, 2.45) is 0 Å². The number of anilines is 1. The highest BCUT2D eigenvalue weighted by Crippen LogP contribution is 2.23. The minimum atomic E-state index is -0.155. The van der Waals surface area contributed by atoms with Crippen LogP contribution >= 0.6 is 15.9 Å². The molecule has 0 aliphatic rings. The first kappa shape index (κ1) is 13.8. The monoisotopic (exact) mass is 343 g/mol. The second kappa shape index (κ2) is 5.69. The Labute approximate surface area is 131 Å². The summed E-state index contributed by atoms with van der Waals surface area (Å²) < 4.78 is 2.68. The number of carbonyl (C=O) groups excluding carboxylic acids is 1. The van der Waals surface area contributed by atoms with Gasteiger partial charge in [0.25, 0.3) is 5.91 Å². The Morgan fingerprint density at radius 1 is 1.24 bits per heavy atom. The molecule has 0 saturated heterocycles. The fourth-order valence-corrected chi connectivity index (χ4v) is 2.66. The summed E-state index contributed by atoms with van der Waals surface area (Å²) in [6.45, 7) is 2.00. The number of aromatic nitrogens is 2. The molecule has 3 rings (SSSR count). The van der Waals surface area contributed by atoms with Gasteiger partial charge in [-0.2, -0.15) is 0 Å². The van der Waals surface area contributed by atoms with Gasteiger partial charge < -0.3 is 5.32 Å². The molecule has 0 unspecified atom stereocenters. The zero-order valence-corrected chi connectivity index (χ0v) is 13.1. The molecule has 2 heterocycles. The molecule has 0 aliphatic carbocycles. The van der Waals surface area contributed by atoms with Crippen LogP contribution in [0.15, 0.2) is 53.1 Å². The van der Waals surface area contributed by atoms with Crippen molar-refractivity contribution in [2.75, 3.05) is 5.32 Å². The Kier molecular flexibility index (Phi) is 3.75. The molecule has 5 heteroatoms. The van der Waals surface area contributed by atoms with Crippen molar-refractivity contribution in [3.05, 3.63) is 64.5 Å². The van der Waals surface area contributed by atoms with Crippen molar-refractivity contribution in [3.63, 3.8) is 0 Å². The molecule has 0 aliphatic heterocycles. The molecule has 0 atom stereocenters. The van der Waals surface area contributed by atoms with E-state index in [0.29, 0.717) is 12.1 Å². The van der Waals surface area contributed by atoms with Crippen LogP contribution in [0.3, 0.4) is 0 Å². The summed E-state index contributed by atoms with van der Waals surface area (Å²) >= 11 is 3.44. The normalized spacial score (nSPS) is 10.8. The van der Waals surface area contributed by atoms with Crippen molar-refractivity contribution in [1.29, 1.82) is 0 Å². The van der Waals surface area contributed by atoms with E-state index in [4.69, 9.17) is 0 Å². The van der Waals surface area contributed by atoms with Gasteiger partial charge in [0.15, 0.2) is 0 Å². The summed E-state index contributed by atoms with van der Waals surface area (Å²) in [6, 6.07) is 13.2. The highest BCUT2D eigenvalue weighted by atomic mass is 79.9. The van der Waals surface area contributed by atoms with E-state index in [-0.39, 0.29) is 5.91 Å². The number of rotatable bonds is 3. The number of fused-ring (bicyclic) bond motifs is 1. The molecule has 0 spiro atoms. The second-order valence-electron chi connectivity index (χ2n) is 4.62. The number of carbonyl (C=O) groups is 1. The summed E-state index contributed by atoms with van der Waals surface area (Å²) in [4.78, 5) is 17.1. The fraction of sp³-hybridized carbons (Fsp3) is 0.125. The Morgan fingerprint density at radius 3 is 2.76 bits per heavy atom. The van der Waals surface area contributed by atoms with Crippen LogP contribution in [0.2, 0.25) is 0 Å². The standard InChI is InChI=1S/C16H14BrN3O/c1-2-12-15(20-10-6-5-9-14(20)18-12)16(21)19-13-8-4-3-7-11(13)17/h3-10H,2H2,1H3,(H,19,21). The van der Waals surface area contributed by atoms with Gasteiger partial charge in [-0.15, -0.1) is 0 Å². The number of pyridine rings is 1. The van der Waals surface area contributed by atoms with Crippen LogP contribution in [0.1, 0.15) is 23.1 Å². The third-order valence-corrected chi connectivity index (χ3v) is 3.97. The lowest BCUT2D eigenvalue weighted by molar-refractivity contribution is 0.102. The number of aryl methyl sites for hydroxylation is 1. The van der Waals surface area contributed by atoms with Crippen LogP contribution in [0.5, 0.6) is 0 Å². The van der Waals surface area contributed by atoms with Crippen LogP contribution in [0.25, 0.3) is 5.65 Å². The molecule has 106 valence electrons. The van der Waals surface area contributed by atoms with Gasteiger partial charge in [-0.1, -0.05) is 25.1 Å². The Hall–Kier alpha value is -2.14. The summed E-state index contributed by atoms with van der Waals surface area (Å²) in [6.07, 6.45) is 2.57. The average molecular weight is 344 g/mol. The topological polar surface area (TPSA) is 46.4 Å². The van der Waals surface area contributed by atoms with Crippen molar-refractivity contribution in [2.45, 2.75) is 13.3 Å². The van der Waals surface area contributed by atoms with Gasteiger partial charge in [-0.05, 0) is 46.6 Å². The summed E-state index contributed by atoms with van der Waals surface area (Å²) in [5, 5.41) is 2.93. The van der Waals surface area contributed by atoms with Gasteiger partial charge in [0, 0.05) is 10.7 Å². The third kappa shape index (κ3) is 2.56. The smallest absolute Gasteiger partial charge is 0.274 e. The zero-order chi connectivity index (χ0) is 14.8. The van der Waals surface area contributed by atoms with Crippen molar-refractivity contribution < 1.29 is 4.79 Å². The number of nitrogens with one attached hydrogen (secondary N) is 1. The van der Waals surface area contributed by atoms with Gasteiger partial charge >= 0.3 is 0 Å². The van der Waals surface area contributed by atoms with Crippen LogP contribution in [-0.4, -0.2) is 15.3 Å². The van der Waals surface area contributed by atoms with Crippen molar-refractivity contribution in [3.8, 4) is 0 Å². The molecular weight excluding hydrogens is 330 g/mol. The highest BCUT2D eigenvalue weighted by molar-refractivity contribution is 9.10. The number of amides is 1. The maximum Gasteiger partial charge on any atom is 0.274 e.